The standard InChI is InChI=1S/C18H14N4OS/c19-17(23)11-1-3-13(4-2-11)21-18-14-9-16(12-6-8-24-10-12)22-15(14)5-7-20-18/h1-10,22H,(H2,19,23)(H,20,21). The number of aromatic amines is 1. The average Bonchev–Trinajstić information content (AvgIpc) is 3.25. The van der Waals surface area contributed by atoms with Crippen LogP contribution in [-0.4, -0.2) is 15.9 Å². The van der Waals surface area contributed by atoms with E-state index in [-0.39, 0.29) is 0 Å². The summed E-state index contributed by atoms with van der Waals surface area (Å²) in [5.74, 6) is 0.324. The van der Waals surface area contributed by atoms with Crippen LogP contribution in [0.25, 0.3) is 22.2 Å². The average molecular weight is 334 g/mol. The lowest BCUT2D eigenvalue weighted by molar-refractivity contribution is 0.100. The number of pyridine rings is 1. The largest absolute Gasteiger partial charge is 0.366 e. The van der Waals surface area contributed by atoms with Crippen LogP contribution < -0.4 is 11.1 Å². The number of benzene rings is 1. The molecule has 0 aliphatic heterocycles. The molecule has 0 saturated carbocycles. The first kappa shape index (κ1) is 14.5. The predicted molar refractivity (Wildman–Crippen MR) is 97.6 cm³/mol. The summed E-state index contributed by atoms with van der Waals surface area (Å²) in [5, 5.41) is 8.46. The minimum absolute atomic E-state index is 0.437. The highest BCUT2D eigenvalue weighted by molar-refractivity contribution is 7.08. The first-order chi connectivity index (χ1) is 11.7. The number of anilines is 2. The van der Waals surface area contributed by atoms with Crippen molar-refractivity contribution >= 4 is 39.7 Å². The Morgan fingerprint density at radius 1 is 1.17 bits per heavy atom. The maximum atomic E-state index is 11.1. The van der Waals surface area contributed by atoms with Crippen LogP contribution in [0.1, 0.15) is 10.4 Å². The Labute approximate surface area is 142 Å². The molecule has 0 aliphatic rings. The second-order valence-corrected chi connectivity index (χ2v) is 6.16. The number of thiophene rings is 1. The van der Waals surface area contributed by atoms with E-state index in [0.717, 1.165) is 33.7 Å². The third kappa shape index (κ3) is 2.63. The van der Waals surface area contributed by atoms with E-state index in [1.165, 1.54) is 0 Å². The van der Waals surface area contributed by atoms with Gasteiger partial charge in [0, 0.05) is 39.5 Å². The molecule has 0 unspecified atom stereocenters. The summed E-state index contributed by atoms with van der Waals surface area (Å²) in [4.78, 5) is 19.0. The maximum Gasteiger partial charge on any atom is 0.248 e. The normalized spacial score (nSPS) is 10.8. The van der Waals surface area contributed by atoms with Crippen molar-refractivity contribution in [2.24, 2.45) is 5.73 Å². The molecule has 118 valence electrons. The van der Waals surface area contributed by atoms with Gasteiger partial charge in [-0.1, -0.05) is 0 Å². The third-order valence-electron chi connectivity index (χ3n) is 3.81. The van der Waals surface area contributed by atoms with Crippen LogP contribution in [0.2, 0.25) is 0 Å². The van der Waals surface area contributed by atoms with Crippen LogP contribution in [0.15, 0.2) is 59.4 Å². The lowest BCUT2D eigenvalue weighted by atomic mass is 10.2. The molecule has 0 aliphatic carbocycles. The van der Waals surface area contributed by atoms with Crippen molar-refractivity contribution in [3.05, 3.63) is 65.0 Å². The summed E-state index contributed by atoms with van der Waals surface area (Å²) >= 11 is 1.67. The fourth-order valence-corrected chi connectivity index (χ4v) is 3.24. The van der Waals surface area contributed by atoms with E-state index < -0.39 is 5.91 Å². The van der Waals surface area contributed by atoms with Gasteiger partial charge in [0.25, 0.3) is 0 Å². The number of carbonyl (C=O) groups is 1. The van der Waals surface area contributed by atoms with Crippen molar-refractivity contribution in [2.45, 2.75) is 0 Å². The molecule has 3 heterocycles. The second kappa shape index (κ2) is 5.82. The lowest BCUT2D eigenvalue weighted by Crippen LogP contribution is -2.10. The molecular formula is C18H14N4OS. The fraction of sp³-hybridized carbons (Fsp3) is 0. The van der Waals surface area contributed by atoms with Crippen molar-refractivity contribution in [2.75, 3.05) is 5.32 Å². The van der Waals surface area contributed by atoms with Crippen molar-refractivity contribution in [1.29, 1.82) is 0 Å². The molecule has 1 amide bonds. The molecule has 4 N–H and O–H groups in total. The van der Waals surface area contributed by atoms with Crippen molar-refractivity contribution in [1.82, 2.24) is 9.97 Å². The number of H-pyrrole nitrogens is 1. The molecule has 3 aromatic heterocycles. The number of nitrogens with zero attached hydrogens (tertiary/aromatic N) is 1. The summed E-state index contributed by atoms with van der Waals surface area (Å²) in [6, 6.07) is 13.1. The van der Waals surface area contributed by atoms with Crippen molar-refractivity contribution in [3.63, 3.8) is 0 Å². The number of aromatic nitrogens is 2. The minimum Gasteiger partial charge on any atom is -0.366 e. The molecule has 4 aromatic rings. The van der Waals surface area contributed by atoms with Gasteiger partial charge in [-0.2, -0.15) is 11.3 Å². The lowest BCUT2D eigenvalue weighted by Gasteiger charge is -2.07. The summed E-state index contributed by atoms with van der Waals surface area (Å²) in [5.41, 5.74) is 9.83. The zero-order chi connectivity index (χ0) is 16.5. The van der Waals surface area contributed by atoms with Crippen molar-refractivity contribution in [3.8, 4) is 11.3 Å². The Morgan fingerprint density at radius 2 is 2.00 bits per heavy atom. The van der Waals surface area contributed by atoms with Crippen LogP contribution in [-0.2, 0) is 0 Å². The molecule has 0 radical (unpaired) electrons. The number of carbonyl (C=O) groups excluding carboxylic acids is 1. The first-order valence-electron chi connectivity index (χ1n) is 7.38. The number of hydrogen-bond acceptors (Lipinski definition) is 4. The Bertz CT molecular complexity index is 1000. The molecule has 5 nitrogen and oxygen atoms in total. The molecule has 0 bridgehead atoms. The quantitative estimate of drug-likeness (QED) is 0.524. The van der Waals surface area contributed by atoms with Gasteiger partial charge >= 0.3 is 0 Å². The molecule has 0 spiro atoms. The van der Waals surface area contributed by atoms with Gasteiger partial charge in [0.2, 0.25) is 5.91 Å². The molecule has 0 saturated heterocycles. The number of fused-ring (bicyclic) bond motifs is 1. The molecule has 6 heteroatoms. The van der Waals surface area contributed by atoms with Crippen molar-refractivity contribution < 1.29 is 4.79 Å². The van der Waals surface area contributed by atoms with Crippen LogP contribution in [0.5, 0.6) is 0 Å². The highest BCUT2D eigenvalue weighted by Crippen LogP contribution is 2.30. The van der Waals surface area contributed by atoms with Crippen LogP contribution >= 0.6 is 11.3 Å². The molecule has 1 aromatic carbocycles. The smallest absolute Gasteiger partial charge is 0.248 e. The highest BCUT2D eigenvalue weighted by atomic mass is 32.1. The van der Waals surface area contributed by atoms with Crippen LogP contribution in [0, 0.1) is 0 Å². The van der Waals surface area contributed by atoms with Gasteiger partial charge in [-0.25, -0.2) is 4.98 Å². The Hall–Kier alpha value is -3.12. The number of hydrogen-bond donors (Lipinski definition) is 3. The van der Waals surface area contributed by atoms with Gasteiger partial charge in [0.1, 0.15) is 5.82 Å². The van der Waals surface area contributed by atoms with E-state index in [4.69, 9.17) is 5.73 Å². The summed E-state index contributed by atoms with van der Waals surface area (Å²) < 4.78 is 0. The second-order valence-electron chi connectivity index (χ2n) is 5.38. The minimum atomic E-state index is -0.437. The number of primary amides is 1. The SMILES string of the molecule is NC(=O)c1ccc(Nc2nccc3[nH]c(-c4ccsc4)cc23)cc1. The maximum absolute atomic E-state index is 11.1. The van der Waals surface area contributed by atoms with Gasteiger partial charge in [0.05, 0.1) is 5.52 Å². The van der Waals surface area contributed by atoms with Gasteiger partial charge in [-0.3, -0.25) is 4.79 Å². The van der Waals surface area contributed by atoms with Gasteiger partial charge in [-0.15, -0.1) is 0 Å². The zero-order valence-electron chi connectivity index (χ0n) is 12.6. The molecule has 0 fully saturated rings. The van der Waals surface area contributed by atoms with E-state index in [9.17, 15) is 4.79 Å². The summed E-state index contributed by atoms with van der Waals surface area (Å²) in [6.45, 7) is 0. The highest BCUT2D eigenvalue weighted by Gasteiger charge is 2.09. The monoisotopic (exact) mass is 334 g/mol. The Morgan fingerprint density at radius 3 is 2.71 bits per heavy atom. The number of amides is 1. The van der Waals surface area contributed by atoms with Crippen LogP contribution in [0.3, 0.4) is 0 Å². The zero-order valence-corrected chi connectivity index (χ0v) is 13.4. The van der Waals surface area contributed by atoms with Gasteiger partial charge in [0.15, 0.2) is 0 Å². The number of nitrogens with two attached hydrogens (primary N) is 1. The molecule has 24 heavy (non-hydrogen) atoms. The topological polar surface area (TPSA) is 83.8 Å². The Kier molecular flexibility index (Phi) is 3.51. The van der Waals surface area contributed by atoms with E-state index in [1.54, 1.807) is 29.7 Å². The number of rotatable bonds is 4. The summed E-state index contributed by atoms with van der Waals surface area (Å²) in [7, 11) is 0. The predicted octanol–water partition coefficient (Wildman–Crippen LogP) is 4.13. The van der Waals surface area contributed by atoms with Gasteiger partial charge in [-0.05, 0) is 47.8 Å². The van der Waals surface area contributed by atoms with E-state index in [0.29, 0.717) is 5.56 Å². The molecule has 4 rings (SSSR count). The van der Waals surface area contributed by atoms with Crippen LogP contribution in [0.4, 0.5) is 11.5 Å². The summed E-state index contributed by atoms with van der Waals surface area (Å²) in [6.07, 6.45) is 1.76. The fourth-order valence-electron chi connectivity index (χ4n) is 2.58. The number of nitrogens with one attached hydrogen (secondary N) is 2. The van der Waals surface area contributed by atoms with E-state index in [1.807, 2.05) is 18.2 Å². The van der Waals surface area contributed by atoms with E-state index >= 15 is 0 Å². The first-order valence-corrected chi connectivity index (χ1v) is 8.32. The third-order valence-corrected chi connectivity index (χ3v) is 4.50. The van der Waals surface area contributed by atoms with Gasteiger partial charge < -0.3 is 16.0 Å². The molecular weight excluding hydrogens is 320 g/mol. The Balaban J connectivity index is 1.70. The van der Waals surface area contributed by atoms with E-state index in [2.05, 4.69) is 38.2 Å². The molecule has 0 atom stereocenters.